The van der Waals surface area contributed by atoms with Gasteiger partial charge in [0.05, 0.1) is 12.2 Å². The number of esters is 1. The molecule has 0 saturated carbocycles. The molecule has 1 aromatic rings. The predicted octanol–water partition coefficient (Wildman–Crippen LogP) is 2.01. The number of carbonyl (C=O) groups is 1. The fourth-order valence-electron chi connectivity index (χ4n) is 1.35. The number of aliphatic hydroxyl groups is 1. The Bertz CT molecular complexity index is 379. The minimum Gasteiger partial charge on any atom is -0.463 e. The maximum atomic E-state index is 11.5. The largest absolute Gasteiger partial charge is 0.463 e. The Hall–Kier alpha value is -1.61. The zero-order valence-corrected chi connectivity index (χ0v) is 9.56. The third-order valence-electron chi connectivity index (χ3n) is 2.45. The van der Waals surface area contributed by atoms with Crippen LogP contribution in [0.4, 0.5) is 0 Å². The maximum Gasteiger partial charge on any atom is 0.336 e. The van der Waals surface area contributed by atoms with Crippen molar-refractivity contribution in [1.82, 2.24) is 0 Å². The van der Waals surface area contributed by atoms with Crippen LogP contribution in [0.1, 0.15) is 19.4 Å². The number of hydrogen-bond acceptors (Lipinski definition) is 3. The quantitative estimate of drug-likeness (QED) is 0.623. The van der Waals surface area contributed by atoms with Gasteiger partial charge in [-0.15, -0.1) is 0 Å². The van der Waals surface area contributed by atoms with Crippen LogP contribution in [-0.2, 0) is 15.1 Å². The van der Waals surface area contributed by atoms with Gasteiger partial charge in [-0.2, -0.15) is 0 Å². The summed E-state index contributed by atoms with van der Waals surface area (Å²) in [6.07, 6.45) is 0. The Morgan fingerprint density at radius 2 is 2.00 bits per heavy atom. The summed E-state index contributed by atoms with van der Waals surface area (Å²) in [5.41, 5.74) is -0.735. The van der Waals surface area contributed by atoms with Crippen LogP contribution in [-0.4, -0.2) is 17.7 Å². The highest BCUT2D eigenvalue weighted by molar-refractivity contribution is 5.90. The molecule has 1 rings (SSSR count). The first-order chi connectivity index (χ1) is 7.50. The highest BCUT2D eigenvalue weighted by Gasteiger charge is 2.31. The van der Waals surface area contributed by atoms with Crippen LogP contribution in [0, 0.1) is 0 Å². The van der Waals surface area contributed by atoms with Crippen molar-refractivity contribution in [2.45, 2.75) is 19.4 Å². The van der Waals surface area contributed by atoms with E-state index >= 15 is 0 Å². The van der Waals surface area contributed by atoms with Crippen molar-refractivity contribution < 1.29 is 14.6 Å². The molecule has 0 saturated heterocycles. The Morgan fingerprint density at radius 1 is 1.44 bits per heavy atom. The number of hydrogen-bond donors (Lipinski definition) is 1. The molecule has 0 spiro atoms. The number of carbonyl (C=O) groups excluding carboxylic acids is 1. The molecule has 0 aliphatic heterocycles. The van der Waals surface area contributed by atoms with E-state index in [0.29, 0.717) is 5.56 Å². The van der Waals surface area contributed by atoms with E-state index in [1.54, 1.807) is 31.2 Å². The van der Waals surface area contributed by atoms with Crippen LogP contribution in [0.3, 0.4) is 0 Å². The third kappa shape index (κ3) is 2.49. The Balaban J connectivity index is 2.94. The van der Waals surface area contributed by atoms with Crippen molar-refractivity contribution in [3.63, 3.8) is 0 Å². The molecule has 0 fully saturated rings. The van der Waals surface area contributed by atoms with Crippen molar-refractivity contribution in [1.29, 1.82) is 0 Å². The zero-order valence-electron chi connectivity index (χ0n) is 9.56. The second kappa shape index (κ2) is 4.94. The second-order valence-electron chi connectivity index (χ2n) is 3.64. The fraction of sp³-hybridized carbons (Fsp3) is 0.308. The Morgan fingerprint density at radius 3 is 2.50 bits per heavy atom. The molecule has 1 atom stereocenters. The van der Waals surface area contributed by atoms with Gasteiger partial charge in [0.25, 0.3) is 0 Å². The van der Waals surface area contributed by atoms with Gasteiger partial charge in [-0.1, -0.05) is 36.9 Å². The van der Waals surface area contributed by atoms with Gasteiger partial charge in [0.2, 0.25) is 0 Å². The summed E-state index contributed by atoms with van der Waals surface area (Å²) in [5.74, 6) is -0.573. The average molecular weight is 220 g/mol. The van der Waals surface area contributed by atoms with Gasteiger partial charge in [0, 0.05) is 0 Å². The summed E-state index contributed by atoms with van der Waals surface area (Å²) < 4.78 is 4.81. The van der Waals surface area contributed by atoms with Gasteiger partial charge in [-0.05, 0) is 19.4 Å². The molecule has 0 aliphatic carbocycles. The number of ether oxygens (including phenoxy) is 1. The molecule has 0 amide bonds. The topological polar surface area (TPSA) is 46.5 Å². The molecular weight excluding hydrogens is 204 g/mol. The summed E-state index contributed by atoms with van der Waals surface area (Å²) in [6, 6.07) is 8.91. The first-order valence-electron chi connectivity index (χ1n) is 5.14. The van der Waals surface area contributed by atoms with Crippen LogP contribution in [0.5, 0.6) is 0 Å². The normalized spacial score (nSPS) is 13.9. The molecule has 3 heteroatoms. The molecule has 0 heterocycles. The van der Waals surface area contributed by atoms with Crippen LogP contribution >= 0.6 is 0 Å². The minimum absolute atomic E-state index is 0.0422. The molecule has 3 nitrogen and oxygen atoms in total. The van der Waals surface area contributed by atoms with Crippen molar-refractivity contribution >= 4 is 5.97 Å². The van der Waals surface area contributed by atoms with Gasteiger partial charge in [-0.3, -0.25) is 0 Å². The molecule has 1 unspecified atom stereocenters. The second-order valence-corrected chi connectivity index (χ2v) is 3.64. The molecule has 0 bridgehead atoms. The highest BCUT2D eigenvalue weighted by atomic mass is 16.5. The molecule has 0 radical (unpaired) electrons. The van der Waals surface area contributed by atoms with E-state index in [2.05, 4.69) is 6.58 Å². The lowest BCUT2D eigenvalue weighted by atomic mass is 9.89. The van der Waals surface area contributed by atoms with Crippen molar-refractivity contribution in [3.05, 3.63) is 48.0 Å². The Labute approximate surface area is 95.4 Å². The van der Waals surface area contributed by atoms with E-state index < -0.39 is 11.6 Å². The molecule has 1 aromatic carbocycles. The van der Waals surface area contributed by atoms with Gasteiger partial charge in [0.1, 0.15) is 5.60 Å². The molecule has 16 heavy (non-hydrogen) atoms. The molecular formula is C13H16O3. The van der Waals surface area contributed by atoms with Crippen LogP contribution < -0.4 is 0 Å². The molecule has 0 aromatic heterocycles. The number of rotatable bonds is 4. The van der Waals surface area contributed by atoms with Crippen molar-refractivity contribution in [3.8, 4) is 0 Å². The van der Waals surface area contributed by atoms with Crippen LogP contribution in [0.25, 0.3) is 0 Å². The smallest absolute Gasteiger partial charge is 0.336 e. The van der Waals surface area contributed by atoms with E-state index in [1.807, 2.05) is 6.07 Å². The van der Waals surface area contributed by atoms with Gasteiger partial charge in [0.15, 0.2) is 0 Å². The maximum absolute atomic E-state index is 11.5. The third-order valence-corrected chi connectivity index (χ3v) is 2.45. The lowest BCUT2D eigenvalue weighted by Crippen LogP contribution is -2.29. The van der Waals surface area contributed by atoms with E-state index in [-0.39, 0.29) is 12.2 Å². The van der Waals surface area contributed by atoms with Gasteiger partial charge < -0.3 is 9.84 Å². The summed E-state index contributed by atoms with van der Waals surface area (Å²) in [5, 5.41) is 10.3. The van der Waals surface area contributed by atoms with Crippen molar-refractivity contribution in [2.75, 3.05) is 6.61 Å². The minimum atomic E-state index is -1.40. The first kappa shape index (κ1) is 12.5. The molecule has 1 N–H and O–H groups in total. The van der Waals surface area contributed by atoms with E-state index in [9.17, 15) is 9.90 Å². The summed E-state index contributed by atoms with van der Waals surface area (Å²) in [4.78, 5) is 11.5. The standard InChI is InChI=1S/C13H16O3/c1-4-16-12(14)10(2)13(3,15)11-8-6-5-7-9-11/h5-9,15H,2,4H2,1,3H3. The monoisotopic (exact) mass is 220 g/mol. The fourth-order valence-corrected chi connectivity index (χ4v) is 1.35. The van der Waals surface area contributed by atoms with E-state index in [1.165, 1.54) is 6.92 Å². The lowest BCUT2D eigenvalue weighted by molar-refractivity contribution is -0.141. The van der Waals surface area contributed by atoms with Crippen molar-refractivity contribution in [2.24, 2.45) is 0 Å². The average Bonchev–Trinajstić information content (AvgIpc) is 2.29. The molecule has 0 aliphatic rings. The number of benzene rings is 1. The van der Waals surface area contributed by atoms with Crippen LogP contribution in [0.2, 0.25) is 0 Å². The first-order valence-corrected chi connectivity index (χ1v) is 5.14. The lowest BCUT2D eigenvalue weighted by Gasteiger charge is -2.24. The summed E-state index contributed by atoms with van der Waals surface area (Å²) in [7, 11) is 0. The molecule has 86 valence electrons. The van der Waals surface area contributed by atoms with Crippen LogP contribution in [0.15, 0.2) is 42.5 Å². The highest BCUT2D eigenvalue weighted by Crippen LogP contribution is 2.28. The summed E-state index contributed by atoms with van der Waals surface area (Å²) in [6.45, 7) is 7.10. The zero-order chi connectivity index (χ0) is 12.2. The summed E-state index contributed by atoms with van der Waals surface area (Å²) >= 11 is 0. The van der Waals surface area contributed by atoms with E-state index in [0.717, 1.165) is 0 Å². The van der Waals surface area contributed by atoms with Gasteiger partial charge in [-0.25, -0.2) is 4.79 Å². The van der Waals surface area contributed by atoms with E-state index in [4.69, 9.17) is 4.74 Å². The Kier molecular flexibility index (Phi) is 3.85. The van der Waals surface area contributed by atoms with Gasteiger partial charge >= 0.3 is 5.97 Å². The SMILES string of the molecule is C=C(C(=O)OCC)C(C)(O)c1ccccc1. The predicted molar refractivity (Wildman–Crippen MR) is 61.8 cm³/mol.